The second-order valence-corrected chi connectivity index (χ2v) is 3.86. The molecule has 1 aromatic carbocycles. The molecule has 1 rings (SSSR count). The number of alkyl halides is 3. The Kier molecular flexibility index (Phi) is 5.31. The summed E-state index contributed by atoms with van der Waals surface area (Å²) in [6, 6.07) is 4.47. The Labute approximate surface area is 108 Å². The predicted octanol–water partition coefficient (Wildman–Crippen LogP) is 1.44. The molecule has 0 aliphatic carbocycles. The highest BCUT2D eigenvalue weighted by Crippen LogP contribution is 2.31. The van der Waals surface area contributed by atoms with E-state index in [1.165, 1.54) is 19.2 Å². The molecule has 1 atom stereocenters. The number of carbonyl (C=O) groups excluding carboxylic acids is 1. The molecule has 4 nitrogen and oxygen atoms in total. The first-order valence-electron chi connectivity index (χ1n) is 5.47. The van der Waals surface area contributed by atoms with E-state index in [9.17, 15) is 23.1 Å². The van der Waals surface area contributed by atoms with Crippen LogP contribution in [0.4, 0.5) is 13.2 Å². The molecule has 0 bridgehead atoms. The minimum atomic E-state index is -4.60. The quantitative estimate of drug-likeness (QED) is 0.856. The number of aliphatic hydroxyl groups is 1. The van der Waals surface area contributed by atoms with E-state index in [1.54, 1.807) is 0 Å². The lowest BCUT2D eigenvalue weighted by Gasteiger charge is -2.14. The summed E-state index contributed by atoms with van der Waals surface area (Å²) < 4.78 is 42.7. The number of nitrogens with one attached hydrogen (secondary N) is 1. The van der Waals surface area contributed by atoms with Crippen LogP contribution in [0, 0.1) is 0 Å². The lowest BCUT2D eigenvalue weighted by Crippen LogP contribution is -2.35. The van der Waals surface area contributed by atoms with Crippen molar-refractivity contribution in [2.24, 2.45) is 0 Å². The summed E-state index contributed by atoms with van der Waals surface area (Å²) in [4.78, 5) is 11.7. The summed E-state index contributed by atoms with van der Waals surface area (Å²) in [5.41, 5.74) is -1.48. The highest BCUT2D eigenvalue weighted by Gasteiger charge is 2.34. The summed E-state index contributed by atoms with van der Waals surface area (Å²) in [6.45, 7) is -0.194. The van der Waals surface area contributed by atoms with Gasteiger partial charge in [-0.25, -0.2) is 0 Å². The van der Waals surface area contributed by atoms with Gasteiger partial charge in [-0.15, -0.1) is 0 Å². The van der Waals surface area contributed by atoms with Crippen LogP contribution in [0.3, 0.4) is 0 Å². The highest BCUT2D eigenvalue weighted by atomic mass is 19.4. The fourth-order valence-corrected chi connectivity index (χ4v) is 1.49. The Hall–Kier alpha value is -1.60. The molecule has 7 heteroatoms. The zero-order chi connectivity index (χ0) is 14.5. The van der Waals surface area contributed by atoms with E-state index < -0.39 is 29.3 Å². The van der Waals surface area contributed by atoms with Crippen molar-refractivity contribution < 1.29 is 27.8 Å². The number of halogens is 3. The molecule has 1 amide bonds. The van der Waals surface area contributed by atoms with Crippen LogP contribution < -0.4 is 5.32 Å². The van der Waals surface area contributed by atoms with E-state index in [1.807, 2.05) is 0 Å². The van der Waals surface area contributed by atoms with Crippen LogP contribution in [0.2, 0.25) is 0 Å². The molecular formula is C12H14F3NO3. The lowest BCUT2D eigenvalue weighted by molar-refractivity contribution is -0.137. The number of aliphatic hydroxyl groups excluding tert-OH is 1. The van der Waals surface area contributed by atoms with Gasteiger partial charge in [-0.05, 0) is 12.1 Å². The first kappa shape index (κ1) is 15.5. The van der Waals surface area contributed by atoms with Gasteiger partial charge in [-0.3, -0.25) is 4.79 Å². The number of methoxy groups -OCH3 is 1. The normalized spacial score (nSPS) is 13.1. The van der Waals surface area contributed by atoms with Crippen LogP contribution >= 0.6 is 0 Å². The van der Waals surface area contributed by atoms with Crippen LogP contribution in [0.15, 0.2) is 24.3 Å². The van der Waals surface area contributed by atoms with Gasteiger partial charge >= 0.3 is 6.18 Å². The minimum absolute atomic E-state index is 0.0127. The average Bonchev–Trinajstić information content (AvgIpc) is 2.35. The zero-order valence-electron chi connectivity index (χ0n) is 10.2. The monoisotopic (exact) mass is 277 g/mol. The molecule has 0 heterocycles. The third-order valence-corrected chi connectivity index (χ3v) is 2.33. The summed E-state index contributed by atoms with van der Waals surface area (Å²) in [7, 11) is 1.37. The van der Waals surface area contributed by atoms with Gasteiger partial charge in [0.05, 0.1) is 23.8 Å². The van der Waals surface area contributed by atoms with Crippen molar-refractivity contribution in [3.8, 4) is 0 Å². The van der Waals surface area contributed by atoms with Gasteiger partial charge < -0.3 is 15.2 Å². The zero-order valence-corrected chi connectivity index (χ0v) is 10.2. The minimum Gasteiger partial charge on any atom is -0.389 e. The summed E-state index contributed by atoms with van der Waals surface area (Å²) in [5.74, 6) is -0.886. The number of ether oxygens (including phenoxy) is 1. The second-order valence-electron chi connectivity index (χ2n) is 3.86. The predicted molar refractivity (Wildman–Crippen MR) is 61.7 cm³/mol. The number of hydrogen-bond donors (Lipinski definition) is 2. The van der Waals surface area contributed by atoms with E-state index in [0.717, 1.165) is 12.1 Å². The smallest absolute Gasteiger partial charge is 0.389 e. The Morgan fingerprint density at radius 1 is 1.42 bits per heavy atom. The van der Waals surface area contributed by atoms with Crippen LogP contribution in [0.5, 0.6) is 0 Å². The number of rotatable bonds is 5. The van der Waals surface area contributed by atoms with Crippen molar-refractivity contribution in [2.75, 3.05) is 20.3 Å². The third kappa shape index (κ3) is 4.53. The molecule has 0 saturated heterocycles. The molecule has 0 radical (unpaired) electrons. The molecule has 0 saturated carbocycles. The maximum absolute atomic E-state index is 12.7. The Balaban J connectivity index is 2.78. The number of carbonyl (C=O) groups is 1. The topological polar surface area (TPSA) is 58.6 Å². The molecule has 0 spiro atoms. The van der Waals surface area contributed by atoms with Crippen LogP contribution in [0.1, 0.15) is 15.9 Å². The molecule has 19 heavy (non-hydrogen) atoms. The largest absolute Gasteiger partial charge is 0.417 e. The highest BCUT2D eigenvalue weighted by molar-refractivity contribution is 5.95. The molecule has 1 aromatic rings. The van der Waals surface area contributed by atoms with Gasteiger partial charge in [-0.2, -0.15) is 13.2 Å². The second kappa shape index (κ2) is 6.53. The van der Waals surface area contributed by atoms with Crippen LogP contribution in [-0.2, 0) is 10.9 Å². The fraction of sp³-hybridized carbons (Fsp3) is 0.417. The molecule has 106 valence electrons. The van der Waals surface area contributed by atoms with Gasteiger partial charge in [0.2, 0.25) is 0 Å². The molecule has 0 aliphatic rings. The van der Waals surface area contributed by atoms with E-state index in [2.05, 4.69) is 10.1 Å². The summed E-state index contributed by atoms with van der Waals surface area (Å²) in [6.07, 6.45) is -5.56. The van der Waals surface area contributed by atoms with Gasteiger partial charge in [0.25, 0.3) is 5.91 Å². The van der Waals surface area contributed by atoms with Gasteiger partial charge in [-0.1, -0.05) is 12.1 Å². The van der Waals surface area contributed by atoms with E-state index in [4.69, 9.17) is 0 Å². The number of hydrogen-bond acceptors (Lipinski definition) is 3. The van der Waals surface area contributed by atoms with Crippen molar-refractivity contribution >= 4 is 5.91 Å². The van der Waals surface area contributed by atoms with Gasteiger partial charge in [0, 0.05) is 13.7 Å². The summed E-state index contributed by atoms with van der Waals surface area (Å²) >= 11 is 0. The van der Waals surface area contributed by atoms with E-state index >= 15 is 0 Å². The molecular weight excluding hydrogens is 263 g/mol. The van der Waals surface area contributed by atoms with Crippen molar-refractivity contribution in [3.63, 3.8) is 0 Å². The molecule has 0 aromatic heterocycles. The van der Waals surface area contributed by atoms with Crippen molar-refractivity contribution in [1.29, 1.82) is 0 Å². The first-order chi connectivity index (χ1) is 8.86. The fourth-order valence-electron chi connectivity index (χ4n) is 1.49. The molecule has 1 unspecified atom stereocenters. The van der Waals surface area contributed by atoms with Crippen molar-refractivity contribution in [3.05, 3.63) is 35.4 Å². The van der Waals surface area contributed by atoms with Crippen molar-refractivity contribution in [2.45, 2.75) is 12.3 Å². The summed E-state index contributed by atoms with van der Waals surface area (Å²) in [5, 5.41) is 11.5. The van der Waals surface area contributed by atoms with E-state index in [-0.39, 0.29) is 13.2 Å². The molecule has 0 aliphatic heterocycles. The van der Waals surface area contributed by atoms with Gasteiger partial charge in [0.1, 0.15) is 0 Å². The first-order valence-corrected chi connectivity index (χ1v) is 5.47. The van der Waals surface area contributed by atoms with E-state index in [0.29, 0.717) is 0 Å². The Morgan fingerprint density at radius 2 is 2.05 bits per heavy atom. The van der Waals surface area contributed by atoms with Crippen LogP contribution in [0.25, 0.3) is 0 Å². The molecule has 2 N–H and O–H groups in total. The molecule has 0 fully saturated rings. The maximum atomic E-state index is 12.7. The van der Waals surface area contributed by atoms with Gasteiger partial charge in [0.15, 0.2) is 0 Å². The van der Waals surface area contributed by atoms with Crippen molar-refractivity contribution in [1.82, 2.24) is 5.32 Å². The third-order valence-electron chi connectivity index (χ3n) is 2.33. The lowest BCUT2D eigenvalue weighted by atomic mass is 10.1. The Bertz CT molecular complexity index is 434. The van der Waals surface area contributed by atoms with Crippen LogP contribution in [-0.4, -0.2) is 37.4 Å². The Morgan fingerprint density at radius 3 is 2.63 bits per heavy atom. The SMILES string of the molecule is COCC(O)CNC(=O)c1ccccc1C(F)(F)F. The number of amides is 1. The average molecular weight is 277 g/mol. The maximum Gasteiger partial charge on any atom is 0.417 e. The number of benzene rings is 1. The standard InChI is InChI=1S/C12H14F3NO3/c1-19-7-8(17)6-16-11(18)9-4-2-3-5-10(9)12(13,14)15/h2-5,8,17H,6-7H2,1H3,(H,16,18).